The van der Waals surface area contributed by atoms with Gasteiger partial charge in [-0.15, -0.1) is 0 Å². The molecule has 0 spiro atoms. The second-order valence-electron chi connectivity index (χ2n) is 3.68. The Morgan fingerprint density at radius 1 is 1.44 bits per heavy atom. The van der Waals surface area contributed by atoms with Gasteiger partial charge in [-0.25, -0.2) is 4.98 Å². The van der Waals surface area contributed by atoms with E-state index in [-0.39, 0.29) is 5.78 Å². The van der Waals surface area contributed by atoms with Crippen molar-refractivity contribution in [1.29, 1.82) is 0 Å². The van der Waals surface area contributed by atoms with Crippen molar-refractivity contribution in [1.82, 2.24) is 9.55 Å². The molecule has 1 aromatic carbocycles. The average Bonchev–Trinajstić information content (AvgIpc) is 2.67. The minimum absolute atomic E-state index is 0.0419. The van der Waals surface area contributed by atoms with Crippen LogP contribution in [0.2, 0.25) is 5.02 Å². The molecule has 0 saturated carbocycles. The molecule has 0 amide bonds. The molecule has 1 aromatic heterocycles. The Labute approximate surface area is 98.7 Å². The molecule has 82 valence electrons. The van der Waals surface area contributed by atoms with Crippen molar-refractivity contribution in [3.8, 4) is 0 Å². The number of rotatable bonds is 2. The van der Waals surface area contributed by atoms with Gasteiger partial charge in [0.2, 0.25) is 5.78 Å². The molecular weight excluding hydrogens is 224 g/mol. The summed E-state index contributed by atoms with van der Waals surface area (Å²) in [6, 6.07) is 5.25. The van der Waals surface area contributed by atoms with Crippen molar-refractivity contribution in [3.63, 3.8) is 0 Å². The molecule has 1 heterocycles. The van der Waals surface area contributed by atoms with Gasteiger partial charge >= 0.3 is 0 Å². The minimum atomic E-state index is -0.0419. The fraction of sp³-hybridized carbons (Fsp3) is 0.167. The molecule has 4 heteroatoms. The van der Waals surface area contributed by atoms with Crippen molar-refractivity contribution >= 4 is 17.4 Å². The zero-order valence-corrected chi connectivity index (χ0v) is 9.82. The van der Waals surface area contributed by atoms with Gasteiger partial charge in [-0.3, -0.25) is 4.79 Å². The zero-order chi connectivity index (χ0) is 11.7. The number of aryl methyl sites for hydroxylation is 2. The van der Waals surface area contributed by atoms with Crippen LogP contribution in [0.3, 0.4) is 0 Å². The number of carbonyl (C=O) groups is 1. The molecule has 3 nitrogen and oxygen atoms in total. The maximum Gasteiger partial charge on any atom is 0.211 e. The first kappa shape index (κ1) is 10.9. The number of halogens is 1. The summed E-state index contributed by atoms with van der Waals surface area (Å²) in [4.78, 5) is 16.0. The van der Waals surface area contributed by atoms with Crippen LogP contribution in [0.25, 0.3) is 0 Å². The highest BCUT2D eigenvalue weighted by molar-refractivity contribution is 6.31. The van der Waals surface area contributed by atoms with Gasteiger partial charge in [0, 0.05) is 17.6 Å². The molecule has 0 aliphatic heterocycles. The van der Waals surface area contributed by atoms with E-state index in [1.54, 1.807) is 42.3 Å². The summed E-state index contributed by atoms with van der Waals surface area (Å²) in [7, 11) is 1.79. The van der Waals surface area contributed by atoms with Crippen LogP contribution in [-0.2, 0) is 7.05 Å². The number of ketones is 1. The van der Waals surface area contributed by atoms with E-state index in [0.29, 0.717) is 16.3 Å². The lowest BCUT2D eigenvalue weighted by Gasteiger charge is -2.04. The second kappa shape index (κ2) is 4.10. The molecule has 0 aliphatic rings. The number of aromatic nitrogens is 2. The van der Waals surface area contributed by atoms with E-state index in [4.69, 9.17) is 11.6 Å². The topological polar surface area (TPSA) is 34.9 Å². The standard InChI is InChI=1S/C12H11ClN2O/c1-8-5-9(3-4-10(8)13)12(16)11-6-14-7-15(11)2/h3-7H,1-2H3. The number of benzene rings is 1. The number of imidazole rings is 1. The summed E-state index contributed by atoms with van der Waals surface area (Å²) in [6.07, 6.45) is 3.17. The molecule has 0 bridgehead atoms. The van der Waals surface area contributed by atoms with Crippen molar-refractivity contribution in [3.05, 3.63) is 52.6 Å². The van der Waals surface area contributed by atoms with Crippen LogP contribution in [-0.4, -0.2) is 15.3 Å². The molecule has 0 fully saturated rings. The largest absolute Gasteiger partial charge is 0.331 e. The van der Waals surface area contributed by atoms with Gasteiger partial charge in [-0.2, -0.15) is 0 Å². The first-order valence-corrected chi connectivity index (χ1v) is 5.24. The summed E-state index contributed by atoms with van der Waals surface area (Å²) in [6.45, 7) is 1.88. The average molecular weight is 235 g/mol. The number of hydrogen-bond donors (Lipinski definition) is 0. The van der Waals surface area contributed by atoms with E-state index in [1.165, 1.54) is 0 Å². The fourth-order valence-electron chi connectivity index (χ4n) is 1.51. The van der Waals surface area contributed by atoms with Crippen LogP contribution in [0.15, 0.2) is 30.7 Å². The number of hydrogen-bond acceptors (Lipinski definition) is 2. The van der Waals surface area contributed by atoms with Crippen LogP contribution in [0.5, 0.6) is 0 Å². The van der Waals surface area contributed by atoms with Gasteiger partial charge in [-0.05, 0) is 30.7 Å². The molecule has 16 heavy (non-hydrogen) atoms. The van der Waals surface area contributed by atoms with Crippen molar-refractivity contribution in [2.24, 2.45) is 7.05 Å². The van der Waals surface area contributed by atoms with E-state index >= 15 is 0 Å². The summed E-state index contributed by atoms with van der Waals surface area (Å²) in [5.74, 6) is -0.0419. The molecule has 0 aliphatic carbocycles. The Morgan fingerprint density at radius 3 is 2.75 bits per heavy atom. The quantitative estimate of drug-likeness (QED) is 0.749. The van der Waals surface area contributed by atoms with Crippen molar-refractivity contribution in [2.45, 2.75) is 6.92 Å². The van der Waals surface area contributed by atoms with Crippen LogP contribution in [0, 0.1) is 6.92 Å². The summed E-state index contributed by atoms with van der Waals surface area (Å²) in [5, 5.41) is 0.668. The van der Waals surface area contributed by atoms with Crippen molar-refractivity contribution < 1.29 is 4.79 Å². The molecule has 0 atom stereocenters. The highest BCUT2D eigenvalue weighted by atomic mass is 35.5. The summed E-state index contributed by atoms with van der Waals surface area (Å²) < 4.78 is 1.70. The Balaban J connectivity index is 2.42. The first-order valence-electron chi connectivity index (χ1n) is 4.87. The zero-order valence-electron chi connectivity index (χ0n) is 9.07. The van der Waals surface area contributed by atoms with E-state index in [0.717, 1.165) is 5.56 Å². The molecular formula is C12H11ClN2O. The van der Waals surface area contributed by atoms with Gasteiger partial charge < -0.3 is 4.57 Å². The van der Waals surface area contributed by atoms with Gasteiger partial charge in [0.25, 0.3) is 0 Å². The SMILES string of the molecule is Cc1cc(C(=O)c2cncn2C)ccc1Cl. The molecule has 0 radical (unpaired) electrons. The van der Waals surface area contributed by atoms with Gasteiger partial charge in [0.15, 0.2) is 0 Å². The van der Waals surface area contributed by atoms with Crippen molar-refractivity contribution in [2.75, 3.05) is 0 Å². The number of carbonyl (C=O) groups excluding carboxylic acids is 1. The normalized spacial score (nSPS) is 10.4. The maximum atomic E-state index is 12.1. The molecule has 0 N–H and O–H groups in total. The molecule has 2 aromatic rings. The molecule has 0 unspecified atom stereocenters. The van der Waals surface area contributed by atoms with E-state index in [2.05, 4.69) is 4.98 Å². The first-order chi connectivity index (χ1) is 7.59. The van der Waals surface area contributed by atoms with E-state index in [1.807, 2.05) is 6.92 Å². The van der Waals surface area contributed by atoms with Crippen LogP contribution >= 0.6 is 11.6 Å². The summed E-state index contributed by atoms with van der Waals surface area (Å²) in [5.41, 5.74) is 2.10. The van der Waals surface area contributed by atoms with E-state index in [9.17, 15) is 4.79 Å². The molecule has 0 saturated heterocycles. The highest BCUT2D eigenvalue weighted by Crippen LogP contribution is 2.18. The predicted molar refractivity (Wildman–Crippen MR) is 62.8 cm³/mol. The predicted octanol–water partition coefficient (Wildman–Crippen LogP) is 2.61. The third kappa shape index (κ3) is 1.86. The lowest BCUT2D eigenvalue weighted by molar-refractivity contribution is 0.103. The minimum Gasteiger partial charge on any atom is -0.331 e. The maximum absolute atomic E-state index is 12.1. The Bertz CT molecular complexity index is 546. The van der Waals surface area contributed by atoms with Gasteiger partial charge in [0.05, 0.1) is 12.5 Å². The smallest absolute Gasteiger partial charge is 0.211 e. The Hall–Kier alpha value is -1.61. The van der Waals surface area contributed by atoms with Gasteiger partial charge in [0.1, 0.15) is 5.69 Å². The summed E-state index contributed by atoms with van der Waals surface area (Å²) >= 11 is 5.91. The Morgan fingerprint density at radius 2 is 2.19 bits per heavy atom. The fourth-order valence-corrected chi connectivity index (χ4v) is 1.63. The van der Waals surface area contributed by atoms with Crippen LogP contribution in [0.1, 0.15) is 21.6 Å². The van der Waals surface area contributed by atoms with Crippen LogP contribution in [0.4, 0.5) is 0 Å². The highest BCUT2D eigenvalue weighted by Gasteiger charge is 2.13. The lowest BCUT2D eigenvalue weighted by atomic mass is 10.1. The lowest BCUT2D eigenvalue weighted by Crippen LogP contribution is -2.06. The van der Waals surface area contributed by atoms with Gasteiger partial charge in [-0.1, -0.05) is 11.6 Å². The third-order valence-electron chi connectivity index (χ3n) is 2.47. The van der Waals surface area contributed by atoms with Crippen LogP contribution < -0.4 is 0 Å². The Kier molecular flexibility index (Phi) is 2.79. The monoisotopic (exact) mass is 234 g/mol. The number of nitrogens with zero attached hydrogens (tertiary/aromatic N) is 2. The third-order valence-corrected chi connectivity index (χ3v) is 2.89. The van der Waals surface area contributed by atoms with E-state index < -0.39 is 0 Å². The molecule has 2 rings (SSSR count). The second-order valence-corrected chi connectivity index (χ2v) is 4.09.